The van der Waals surface area contributed by atoms with E-state index in [0.29, 0.717) is 32.7 Å². The lowest BCUT2D eigenvalue weighted by molar-refractivity contribution is -0.141. The van der Waals surface area contributed by atoms with Gasteiger partial charge in [0, 0.05) is 38.1 Å². The first-order chi connectivity index (χ1) is 16.0. The van der Waals surface area contributed by atoms with E-state index in [1.54, 1.807) is 23.3 Å². The van der Waals surface area contributed by atoms with Gasteiger partial charge in [-0.2, -0.15) is 0 Å². The molecule has 1 aromatic heterocycles. The number of hydrogen-bond acceptors (Lipinski definition) is 4. The van der Waals surface area contributed by atoms with Gasteiger partial charge in [-0.25, -0.2) is 0 Å². The van der Waals surface area contributed by atoms with Crippen molar-refractivity contribution in [1.29, 1.82) is 0 Å². The number of methoxy groups -OCH3 is 1. The van der Waals surface area contributed by atoms with Gasteiger partial charge in [-0.1, -0.05) is 62.9 Å². The number of ether oxygens (including phenoxy) is 1. The molecule has 0 saturated heterocycles. The molecule has 2 rings (SSSR count). The Labute approximate surface area is 203 Å². The lowest BCUT2D eigenvalue weighted by Crippen LogP contribution is -2.43. The maximum atomic E-state index is 13.5. The van der Waals surface area contributed by atoms with Crippen molar-refractivity contribution in [2.75, 3.05) is 26.8 Å². The number of thiophene rings is 1. The zero-order valence-electron chi connectivity index (χ0n) is 20.6. The summed E-state index contributed by atoms with van der Waals surface area (Å²) in [5.74, 6) is 0.0614. The molecule has 5 nitrogen and oxygen atoms in total. The minimum absolute atomic E-state index is 0.0107. The maximum Gasteiger partial charge on any atom is 0.242 e. The number of rotatable bonds is 16. The summed E-state index contributed by atoms with van der Waals surface area (Å²) in [5, 5.41) is 2.06. The lowest BCUT2D eigenvalue weighted by Gasteiger charge is -2.28. The summed E-state index contributed by atoms with van der Waals surface area (Å²) < 4.78 is 5.18. The second-order valence-corrected chi connectivity index (χ2v) is 9.59. The number of amides is 2. The maximum absolute atomic E-state index is 13.5. The number of hydrogen-bond donors (Lipinski definition) is 0. The molecule has 2 aromatic rings. The van der Waals surface area contributed by atoms with Crippen molar-refractivity contribution in [1.82, 2.24) is 9.80 Å². The van der Waals surface area contributed by atoms with Crippen molar-refractivity contribution in [2.24, 2.45) is 0 Å². The van der Waals surface area contributed by atoms with Crippen LogP contribution in [0.3, 0.4) is 0 Å². The fourth-order valence-electron chi connectivity index (χ4n) is 3.77. The van der Waals surface area contributed by atoms with Crippen LogP contribution in [-0.2, 0) is 27.4 Å². The summed E-state index contributed by atoms with van der Waals surface area (Å²) in [6, 6.07) is 12.1. The average Bonchev–Trinajstić information content (AvgIpc) is 3.22. The van der Waals surface area contributed by atoms with E-state index < -0.39 is 0 Å². The highest BCUT2D eigenvalue weighted by atomic mass is 32.1. The molecule has 2 amide bonds. The van der Waals surface area contributed by atoms with Gasteiger partial charge < -0.3 is 14.5 Å². The predicted molar refractivity (Wildman–Crippen MR) is 136 cm³/mol. The second-order valence-electron chi connectivity index (χ2n) is 8.59. The highest BCUT2D eigenvalue weighted by Crippen LogP contribution is 2.20. The molecule has 0 radical (unpaired) electrons. The lowest BCUT2D eigenvalue weighted by atomic mass is 10.1. The molecule has 0 aliphatic rings. The Morgan fingerprint density at radius 3 is 2.33 bits per heavy atom. The summed E-state index contributed by atoms with van der Waals surface area (Å²) in [5.41, 5.74) is 2.29. The van der Waals surface area contributed by atoms with Crippen LogP contribution < -0.4 is 0 Å². The number of carbonyl (C=O) groups excluding carboxylic acids is 2. The number of aryl methyl sites for hydroxylation is 1. The monoisotopic (exact) mass is 472 g/mol. The fraction of sp³-hybridized carbons (Fsp3) is 0.556. The van der Waals surface area contributed by atoms with Crippen molar-refractivity contribution >= 4 is 23.2 Å². The number of carbonyl (C=O) groups is 2. The van der Waals surface area contributed by atoms with Gasteiger partial charge in [-0.05, 0) is 42.3 Å². The molecular formula is C27H40N2O3S. The van der Waals surface area contributed by atoms with Gasteiger partial charge in [0.2, 0.25) is 11.8 Å². The number of unbranched alkanes of at least 4 members (excludes halogenated alkanes) is 4. The summed E-state index contributed by atoms with van der Waals surface area (Å²) in [6.45, 7) is 6.61. The Morgan fingerprint density at radius 1 is 0.909 bits per heavy atom. The van der Waals surface area contributed by atoms with Crippen LogP contribution in [0.25, 0.3) is 0 Å². The molecule has 0 unspecified atom stereocenters. The van der Waals surface area contributed by atoms with Crippen LogP contribution in [0.2, 0.25) is 0 Å². The van der Waals surface area contributed by atoms with Crippen LogP contribution in [0.1, 0.15) is 67.9 Å². The highest BCUT2D eigenvalue weighted by Gasteiger charge is 2.22. The molecule has 0 atom stereocenters. The van der Waals surface area contributed by atoms with Crippen LogP contribution in [0.5, 0.6) is 0 Å². The van der Waals surface area contributed by atoms with E-state index in [9.17, 15) is 9.59 Å². The van der Waals surface area contributed by atoms with E-state index in [1.807, 2.05) is 35.2 Å². The normalized spacial score (nSPS) is 10.9. The first-order valence-corrected chi connectivity index (χ1v) is 13.0. The second kappa shape index (κ2) is 15.6. The SMILES string of the molecule is CCCCCCCC(=O)N(CCCOC)CC(=O)N(Cc1ccccc1)Cc1sccc1C. The summed E-state index contributed by atoms with van der Waals surface area (Å²) in [6.07, 6.45) is 6.75. The average molecular weight is 473 g/mol. The molecule has 0 N–H and O–H groups in total. The zero-order valence-corrected chi connectivity index (χ0v) is 21.4. The Balaban J connectivity index is 2.07. The summed E-state index contributed by atoms with van der Waals surface area (Å²) in [4.78, 5) is 31.2. The smallest absolute Gasteiger partial charge is 0.242 e. The van der Waals surface area contributed by atoms with Gasteiger partial charge >= 0.3 is 0 Å². The molecule has 0 aliphatic heterocycles. The van der Waals surface area contributed by atoms with Crippen LogP contribution in [0.4, 0.5) is 0 Å². The predicted octanol–water partition coefficient (Wildman–Crippen LogP) is 5.81. The van der Waals surface area contributed by atoms with E-state index >= 15 is 0 Å². The third-order valence-corrected chi connectivity index (χ3v) is 6.83. The number of nitrogens with zero attached hydrogens (tertiary/aromatic N) is 2. The molecule has 33 heavy (non-hydrogen) atoms. The summed E-state index contributed by atoms with van der Waals surface area (Å²) >= 11 is 1.67. The third-order valence-electron chi connectivity index (χ3n) is 5.82. The Hall–Kier alpha value is -2.18. The van der Waals surface area contributed by atoms with E-state index in [0.717, 1.165) is 31.2 Å². The molecule has 0 aliphatic carbocycles. The number of benzene rings is 1. The molecular weight excluding hydrogens is 432 g/mol. The first-order valence-electron chi connectivity index (χ1n) is 12.2. The van der Waals surface area contributed by atoms with Crippen LogP contribution in [0.15, 0.2) is 41.8 Å². The van der Waals surface area contributed by atoms with Crippen molar-refractivity contribution in [3.05, 3.63) is 57.8 Å². The van der Waals surface area contributed by atoms with E-state index in [1.165, 1.54) is 23.3 Å². The van der Waals surface area contributed by atoms with Gasteiger partial charge in [0.1, 0.15) is 0 Å². The largest absolute Gasteiger partial charge is 0.385 e. The third kappa shape index (κ3) is 10.1. The van der Waals surface area contributed by atoms with E-state index in [-0.39, 0.29) is 18.4 Å². The Morgan fingerprint density at radius 2 is 1.67 bits per heavy atom. The van der Waals surface area contributed by atoms with Gasteiger partial charge in [0.15, 0.2) is 0 Å². The molecule has 0 bridgehead atoms. The molecule has 6 heteroatoms. The molecule has 1 aromatic carbocycles. The summed E-state index contributed by atoms with van der Waals surface area (Å²) in [7, 11) is 1.66. The first kappa shape index (κ1) is 27.1. The molecule has 0 spiro atoms. The van der Waals surface area contributed by atoms with Crippen LogP contribution >= 0.6 is 11.3 Å². The van der Waals surface area contributed by atoms with Gasteiger partial charge in [0.05, 0.1) is 13.1 Å². The van der Waals surface area contributed by atoms with Gasteiger partial charge in [-0.15, -0.1) is 11.3 Å². The van der Waals surface area contributed by atoms with Crippen LogP contribution in [0, 0.1) is 6.92 Å². The zero-order chi connectivity index (χ0) is 23.9. The fourth-order valence-corrected chi connectivity index (χ4v) is 4.69. The van der Waals surface area contributed by atoms with Crippen LogP contribution in [-0.4, -0.2) is 48.4 Å². The highest BCUT2D eigenvalue weighted by molar-refractivity contribution is 7.10. The van der Waals surface area contributed by atoms with E-state index in [4.69, 9.17) is 4.74 Å². The molecule has 1 heterocycles. The van der Waals surface area contributed by atoms with Crippen molar-refractivity contribution in [3.63, 3.8) is 0 Å². The van der Waals surface area contributed by atoms with E-state index in [2.05, 4.69) is 25.3 Å². The standard InChI is InChI=1S/C27H40N2O3S/c1-4-5-6-7-11-15-26(30)28(17-12-18-32-3)22-27(31)29(20-24-13-9-8-10-14-24)21-25-23(2)16-19-33-25/h8-10,13-14,16,19H,4-7,11-12,15,17-18,20-22H2,1-3H3. The topological polar surface area (TPSA) is 49.9 Å². The quantitative estimate of drug-likeness (QED) is 0.290. The Bertz CT molecular complexity index is 822. The molecule has 0 saturated carbocycles. The minimum Gasteiger partial charge on any atom is -0.385 e. The minimum atomic E-state index is -0.0107. The van der Waals surface area contributed by atoms with Crippen molar-refractivity contribution < 1.29 is 14.3 Å². The Kier molecular flexibility index (Phi) is 12.8. The molecule has 0 fully saturated rings. The van der Waals surface area contributed by atoms with Gasteiger partial charge in [0.25, 0.3) is 0 Å². The van der Waals surface area contributed by atoms with Gasteiger partial charge in [-0.3, -0.25) is 9.59 Å². The molecule has 182 valence electrons. The van der Waals surface area contributed by atoms with Crippen molar-refractivity contribution in [3.8, 4) is 0 Å². The van der Waals surface area contributed by atoms with Crippen molar-refractivity contribution in [2.45, 2.75) is 71.9 Å².